The van der Waals surface area contributed by atoms with Crippen LogP contribution in [0.15, 0.2) is 77.9 Å². The fourth-order valence-corrected chi connectivity index (χ4v) is 5.04. The largest absolute Gasteiger partial charge is 0.378 e. The summed E-state index contributed by atoms with van der Waals surface area (Å²) in [6, 6.07) is 13.7. The van der Waals surface area contributed by atoms with Gasteiger partial charge in [-0.2, -0.15) is 5.10 Å². The molecule has 2 atom stereocenters. The second kappa shape index (κ2) is 9.40. The Morgan fingerprint density at radius 1 is 1.18 bits per heavy atom. The van der Waals surface area contributed by atoms with Crippen molar-refractivity contribution in [3.63, 3.8) is 0 Å². The van der Waals surface area contributed by atoms with Crippen LogP contribution in [0.25, 0.3) is 11.3 Å². The number of rotatable bonds is 5. The Hall–Kier alpha value is -3.50. The van der Waals surface area contributed by atoms with Crippen molar-refractivity contribution >= 4 is 22.4 Å². The van der Waals surface area contributed by atoms with Gasteiger partial charge in [0.1, 0.15) is 5.82 Å². The van der Waals surface area contributed by atoms with Gasteiger partial charge in [0.05, 0.1) is 41.6 Å². The Morgan fingerprint density at radius 3 is 2.74 bits per heavy atom. The molecular formula is C24H27N7O2S. The summed E-state index contributed by atoms with van der Waals surface area (Å²) in [7, 11) is 0.522. The van der Waals surface area contributed by atoms with Crippen molar-refractivity contribution in [3.8, 4) is 11.3 Å². The van der Waals surface area contributed by atoms with E-state index in [1.165, 1.54) is 0 Å². The van der Waals surface area contributed by atoms with E-state index in [0.717, 1.165) is 22.5 Å². The van der Waals surface area contributed by atoms with E-state index in [2.05, 4.69) is 25.6 Å². The van der Waals surface area contributed by atoms with Gasteiger partial charge >= 0.3 is 0 Å². The van der Waals surface area contributed by atoms with E-state index in [1.54, 1.807) is 23.3 Å². The predicted octanol–water partition coefficient (Wildman–Crippen LogP) is 2.26. The third kappa shape index (κ3) is 4.46. The van der Waals surface area contributed by atoms with Crippen molar-refractivity contribution in [1.82, 2.24) is 25.0 Å². The molecule has 3 aromatic rings. The van der Waals surface area contributed by atoms with Crippen molar-refractivity contribution in [3.05, 3.63) is 78.5 Å². The summed E-state index contributed by atoms with van der Waals surface area (Å²) in [5, 5.41) is 11.3. The highest BCUT2D eigenvalue weighted by Crippen LogP contribution is 2.36. The Balaban J connectivity index is 1.61. The SMILES string of the molecule is Cn1ccc(-c2cccc(C3(S(C)=O)C=C(Nc4cccnc4)NC(N4CCOCC4)=N3)c2)n1. The summed E-state index contributed by atoms with van der Waals surface area (Å²) >= 11 is 0. The van der Waals surface area contributed by atoms with E-state index in [-0.39, 0.29) is 0 Å². The smallest absolute Gasteiger partial charge is 0.201 e. The second-order valence-corrected chi connectivity index (χ2v) is 9.72. The lowest BCUT2D eigenvalue weighted by Crippen LogP contribution is -2.51. The zero-order valence-corrected chi connectivity index (χ0v) is 20.0. The third-order valence-corrected chi connectivity index (χ3v) is 7.15. The van der Waals surface area contributed by atoms with Gasteiger partial charge in [0.15, 0.2) is 4.87 Å². The average Bonchev–Trinajstić information content (AvgIpc) is 3.31. The van der Waals surface area contributed by atoms with E-state index in [9.17, 15) is 4.21 Å². The summed E-state index contributed by atoms with van der Waals surface area (Å²) in [6.07, 6.45) is 8.97. The number of guanidine groups is 1. The highest BCUT2D eigenvalue weighted by atomic mass is 32.2. The van der Waals surface area contributed by atoms with Crippen LogP contribution in [0, 0.1) is 0 Å². The zero-order valence-electron chi connectivity index (χ0n) is 19.1. The number of nitrogens with one attached hydrogen (secondary N) is 2. The van der Waals surface area contributed by atoms with Crippen molar-refractivity contribution in [2.75, 3.05) is 37.9 Å². The average molecular weight is 478 g/mol. The molecule has 5 rings (SSSR count). The predicted molar refractivity (Wildman–Crippen MR) is 133 cm³/mol. The molecule has 10 heteroatoms. The van der Waals surface area contributed by atoms with Crippen LogP contribution in [-0.2, 0) is 27.5 Å². The Morgan fingerprint density at radius 2 is 2.03 bits per heavy atom. The lowest BCUT2D eigenvalue weighted by Gasteiger charge is -2.37. The number of pyridine rings is 1. The molecule has 0 aliphatic carbocycles. The van der Waals surface area contributed by atoms with Gasteiger partial charge in [0, 0.05) is 50.4 Å². The van der Waals surface area contributed by atoms with Crippen molar-refractivity contribution in [2.45, 2.75) is 4.87 Å². The van der Waals surface area contributed by atoms with E-state index in [4.69, 9.17) is 9.73 Å². The first-order valence-electron chi connectivity index (χ1n) is 11.1. The summed E-state index contributed by atoms with van der Waals surface area (Å²) in [5.41, 5.74) is 3.45. The van der Waals surface area contributed by atoms with Gasteiger partial charge in [0.25, 0.3) is 0 Å². The lowest BCUT2D eigenvalue weighted by atomic mass is 10.0. The van der Waals surface area contributed by atoms with Gasteiger partial charge in [0.2, 0.25) is 5.96 Å². The summed E-state index contributed by atoms with van der Waals surface area (Å²) in [4.78, 5) is 10.3. The van der Waals surface area contributed by atoms with Crippen LogP contribution in [0.4, 0.5) is 5.69 Å². The highest BCUT2D eigenvalue weighted by molar-refractivity contribution is 7.85. The van der Waals surface area contributed by atoms with Crippen LogP contribution in [0.1, 0.15) is 5.56 Å². The molecule has 2 unspecified atom stereocenters. The van der Waals surface area contributed by atoms with Gasteiger partial charge in [-0.1, -0.05) is 18.2 Å². The molecule has 1 saturated heterocycles. The third-order valence-electron chi connectivity index (χ3n) is 5.83. The Labute approximate surface area is 201 Å². The van der Waals surface area contributed by atoms with Crippen molar-refractivity contribution in [2.24, 2.45) is 12.0 Å². The van der Waals surface area contributed by atoms with E-state index in [1.807, 2.05) is 61.8 Å². The molecule has 0 saturated carbocycles. The highest BCUT2D eigenvalue weighted by Gasteiger charge is 2.39. The van der Waals surface area contributed by atoms with Gasteiger partial charge in [-0.25, -0.2) is 4.99 Å². The van der Waals surface area contributed by atoms with Crippen molar-refractivity contribution in [1.29, 1.82) is 0 Å². The minimum absolute atomic E-state index is 0.618. The number of anilines is 1. The molecule has 34 heavy (non-hydrogen) atoms. The molecule has 1 aromatic carbocycles. The molecule has 0 spiro atoms. The summed E-state index contributed by atoms with van der Waals surface area (Å²) in [5.74, 6) is 1.36. The Kier molecular flexibility index (Phi) is 6.16. The van der Waals surface area contributed by atoms with Crippen LogP contribution in [0.5, 0.6) is 0 Å². The first kappa shape index (κ1) is 22.3. The molecule has 2 aliphatic heterocycles. The minimum atomic E-state index is -1.37. The fraction of sp³-hybridized carbons (Fsp3) is 0.292. The van der Waals surface area contributed by atoms with Gasteiger partial charge in [-0.15, -0.1) is 0 Å². The lowest BCUT2D eigenvalue weighted by molar-refractivity contribution is 0.0664. The molecule has 0 bridgehead atoms. The van der Waals surface area contributed by atoms with Gasteiger partial charge in [-0.05, 0) is 29.8 Å². The quantitative estimate of drug-likeness (QED) is 0.582. The number of aryl methyl sites for hydroxylation is 1. The molecule has 2 aliphatic rings. The molecule has 2 aromatic heterocycles. The summed E-state index contributed by atoms with van der Waals surface area (Å²) in [6.45, 7) is 2.64. The molecular weight excluding hydrogens is 450 g/mol. The topological polar surface area (TPSA) is 96.7 Å². The number of ether oxygens (including phenoxy) is 1. The molecule has 4 heterocycles. The first-order chi connectivity index (χ1) is 16.5. The molecule has 176 valence electrons. The number of hydrogen-bond donors (Lipinski definition) is 2. The van der Waals surface area contributed by atoms with Gasteiger partial charge in [-0.3, -0.25) is 13.9 Å². The maximum Gasteiger partial charge on any atom is 0.201 e. The monoisotopic (exact) mass is 477 g/mol. The summed E-state index contributed by atoms with van der Waals surface area (Å²) < 4.78 is 20.7. The van der Waals surface area contributed by atoms with Crippen LogP contribution >= 0.6 is 0 Å². The Bertz CT molecular complexity index is 1250. The van der Waals surface area contributed by atoms with Crippen LogP contribution in [0.2, 0.25) is 0 Å². The second-order valence-electron chi connectivity index (χ2n) is 8.19. The maximum atomic E-state index is 13.4. The molecule has 2 N–H and O–H groups in total. The number of aromatic nitrogens is 3. The molecule has 0 amide bonds. The van der Waals surface area contributed by atoms with Crippen LogP contribution < -0.4 is 10.6 Å². The molecule has 1 fully saturated rings. The number of nitrogens with zero attached hydrogens (tertiary/aromatic N) is 5. The molecule has 9 nitrogen and oxygen atoms in total. The minimum Gasteiger partial charge on any atom is -0.378 e. The van der Waals surface area contributed by atoms with E-state index >= 15 is 0 Å². The fourth-order valence-electron chi connectivity index (χ4n) is 4.09. The number of aliphatic imine (C=N–C) groups is 1. The number of benzene rings is 1. The van der Waals surface area contributed by atoms with Crippen LogP contribution in [0.3, 0.4) is 0 Å². The van der Waals surface area contributed by atoms with Crippen molar-refractivity contribution < 1.29 is 8.95 Å². The van der Waals surface area contributed by atoms with E-state index in [0.29, 0.717) is 38.1 Å². The number of hydrogen-bond acceptors (Lipinski definition) is 8. The molecule has 0 radical (unpaired) electrons. The standard InChI is InChI=1S/C24H27N7O2S/c1-30-10-8-21(29-30)18-5-3-6-19(15-18)24(34(2)32)16-22(26-20-7-4-9-25-17-20)27-23(28-24)31-11-13-33-14-12-31/h3-10,15-17,26H,11-14H2,1-2H3,(H,27,28). The number of morpholine rings is 1. The maximum absolute atomic E-state index is 13.4. The first-order valence-corrected chi connectivity index (χ1v) is 12.6. The zero-order chi connectivity index (χ0) is 23.5. The van der Waals surface area contributed by atoms with E-state index < -0.39 is 15.7 Å². The normalized spacial score (nSPS) is 21.3. The van der Waals surface area contributed by atoms with Crippen LogP contribution in [-0.4, -0.2) is 62.4 Å². The van der Waals surface area contributed by atoms with Gasteiger partial charge < -0.3 is 20.3 Å².